The van der Waals surface area contributed by atoms with Crippen molar-refractivity contribution in [1.82, 2.24) is 9.97 Å². The molecule has 7 nitrogen and oxygen atoms in total. The summed E-state index contributed by atoms with van der Waals surface area (Å²) in [6, 6.07) is 0. The molecule has 1 aliphatic heterocycles. The summed E-state index contributed by atoms with van der Waals surface area (Å²) in [6.07, 6.45) is 0.232. The Morgan fingerprint density at radius 1 is 1.32 bits per heavy atom. The highest BCUT2D eigenvalue weighted by Gasteiger charge is 2.31. The average molecular weight is 267 g/mol. The molecule has 2 unspecified atom stereocenters. The number of aliphatic hydroxyl groups excluding tert-OH is 2. The maximum Gasteiger partial charge on any atom is 0.148 e. The number of anilines is 2. The molecule has 2 heterocycles. The summed E-state index contributed by atoms with van der Waals surface area (Å²) in [5.74, 6) is 7.51. The van der Waals surface area contributed by atoms with Gasteiger partial charge < -0.3 is 20.5 Å². The summed E-state index contributed by atoms with van der Waals surface area (Å²) in [5, 5.41) is 19.3. The molecule has 106 valence electrons. The SMILES string of the molecule is CCCc1nc(NN)c(C)c(N2CC(O)C(O)C2)n1. The highest BCUT2D eigenvalue weighted by atomic mass is 16.3. The quantitative estimate of drug-likeness (QED) is 0.433. The van der Waals surface area contributed by atoms with E-state index in [1.165, 1.54) is 0 Å². The van der Waals surface area contributed by atoms with Gasteiger partial charge >= 0.3 is 0 Å². The van der Waals surface area contributed by atoms with Crippen molar-refractivity contribution in [3.63, 3.8) is 0 Å². The number of nitrogens with one attached hydrogen (secondary N) is 1. The Morgan fingerprint density at radius 2 is 1.95 bits per heavy atom. The van der Waals surface area contributed by atoms with Crippen molar-refractivity contribution in [2.75, 3.05) is 23.4 Å². The van der Waals surface area contributed by atoms with Crippen LogP contribution in [0.15, 0.2) is 0 Å². The summed E-state index contributed by atoms with van der Waals surface area (Å²) in [7, 11) is 0. The van der Waals surface area contributed by atoms with Crippen LogP contribution in [0.1, 0.15) is 24.7 Å². The van der Waals surface area contributed by atoms with Crippen LogP contribution in [0.5, 0.6) is 0 Å². The number of aromatic nitrogens is 2. The topological polar surface area (TPSA) is 108 Å². The third-order valence-corrected chi connectivity index (χ3v) is 3.34. The molecule has 0 bridgehead atoms. The summed E-state index contributed by atoms with van der Waals surface area (Å²) < 4.78 is 0. The molecule has 1 aromatic rings. The van der Waals surface area contributed by atoms with Gasteiger partial charge in [0.25, 0.3) is 0 Å². The van der Waals surface area contributed by atoms with E-state index in [4.69, 9.17) is 5.84 Å². The van der Waals surface area contributed by atoms with Gasteiger partial charge in [-0.3, -0.25) is 0 Å². The Kier molecular flexibility index (Phi) is 4.18. The molecule has 1 fully saturated rings. The van der Waals surface area contributed by atoms with Gasteiger partial charge in [-0.1, -0.05) is 6.92 Å². The number of rotatable bonds is 4. The zero-order valence-corrected chi connectivity index (χ0v) is 11.3. The standard InChI is InChI=1S/C12H21N5O2/c1-3-4-10-14-11(16-13)7(2)12(15-10)17-5-8(18)9(19)6-17/h8-9,18-19H,3-6,13H2,1-2H3,(H,14,15,16). The molecule has 5 N–H and O–H groups in total. The number of aryl methyl sites for hydroxylation is 1. The molecule has 0 aromatic carbocycles. The van der Waals surface area contributed by atoms with Crippen LogP contribution in [0.4, 0.5) is 11.6 Å². The van der Waals surface area contributed by atoms with Gasteiger partial charge in [0.15, 0.2) is 0 Å². The van der Waals surface area contributed by atoms with Crippen molar-refractivity contribution < 1.29 is 10.2 Å². The fourth-order valence-electron chi connectivity index (χ4n) is 2.28. The zero-order valence-electron chi connectivity index (χ0n) is 11.3. The van der Waals surface area contributed by atoms with Crippen LogP contribution in [0, 0.1) is 6.92 Å². The molecular formula is C12H21N5O2. The average Bonchev–Trinajstić information content (AvgIpc) is 2.71. The molecule has 0 aliphatic carbocycles. The zero-order chi connectivity index (χ0) is 14.0. The summed E-state index contributed by atoms with van der Waals surface area (Å²) in [6.45, 7) is 4.67. The first kappa shape index (κ1) is 14.0. The van der Waals surface area contributed by atoms with Crippen LogP contribution < -0.4 is 16.2 Å². The number of hydrogen-bond donors (Lipinski definition) is 4. The van der Waals surface area contributed by atoms with E-state index in [0.717, 1.165) is 24.2 Å². The van der Waals surface area contributed by atoms with Crippen molar-refractivity contribution in [1.29, 1.82) is 0 Å². The number of aliphatic hydroxyl groups is 2. The first-order chi connectivity index (χ1) is 9.06. The van der Waals surface area contributed by atoms with Gasteiger partial charge in [0.05, 0.1) is 12.2 Å². The van der Waals surface area contributed by atoms with Gasteiger partial charge in [-0.15, -0.1) is 0 Å². The molecule has 2 atom stereocenters. The number of β-amino-alcohol motifs (C(OH)–C–C–N with tert-alkyl or cyclic N) is 2. The minimum absolute atomic E-state index is 0.370. The lowest BCUT2D eigenvalue weighted by molar-refractivity contribution is 0.0572. The minimum Gasteiger partial charge on any atom is -0.389 e. The third kappa shape index (κ3) is 2.78. The van der Waals surface area contributed by atoms with Crippen molar-refractivity contribution >= 4 is 11.6 Å². The second-order valence-corrected chi connectivity index (χ2v) is 4.87. The van der Waals surface area contributed by atoms with Crippen LogP contribution in [-0.2, 0) is 6.42 Å². The Bertz CT molecular complexity index is 444. The second kappa shape index (κ2) is 5.68. The predicted molar refractivity (Wildman–Crippen MR) is 72.8 cm³/mol. The molecule has 19 heavy (non-hydrogen) atoms. The number of hydrogen-bond acceptors (Lipinski definition) is 7. The smallest absolute Gasteiger partial charge is 0.148 e. The molecule has 0 spiro atoms. The highest BCUT2D eigenvalue weighted by molar-refractivity contribution is 5.59. The van der Waals surface area contributed by atoms with E-state index in [0.29, 0.717) is 24.7 Å². The number of hydrazine groups is 1. The number of nitrogens with zero attached hydrogens (tertiary/aromatic N) is 3. The predicted octanol–water partition coefficient (Wildman–Crippen LogP) is -0.435. The van der Waals surface area contributed by atoms with Gasteiger partial charge in [0, 0.05) is 25.1 Å². The molecule has 0 saturated carbocycles. The van der Waals surface area contributed by atoms with E-state index < -0.39 is 12.2 Å². The van der Waals surface area contributed by atoms with Gasteiger partial charge in [0.2, 0.25) is 0 Å². The Balaban J connectivity index is 2.35. The lowest BCUT2D eigenvalue weighted by atomic mass is 10.2. The fourth-order valence-corrected chi connectivity index (χ4v) is 2.28. The monoisotopic (exact) mass is 267 g/mol. The Labute approximate surface area is 112 Å². The van der Waals surface area contributed by atoms with E-state index in [-0.39, 0.29) is 0 Å². The lowest BCUT2D eigenvalue weighted by Crippen LogP contribution is -2.25. The molecule has 0 amide bonds. The van der Waals surface area contributed by atoms with Gasteiger partial charge in [-0.2, -0.15) is 0 Å². The second-order valence-electron chi connectivity index (χ2n) is 4.87. The van der Waals surface area contributed by atoms with Crippen molar-refractivity contribution in [2.24, 2.45) is 5.84 Å². The first-order valence-electron chi connectivity index (χ1n) is 6.52. The molecule has 7 heteroatoms. The minimum atomic E-state index is -0.738. The molecular weight excluding hydrogens is 246 g/mol. The van der Waals surface area contributed by atoms with Crippen molar-refractivity contribution in [2.45, 2.75) is 38.9 Å². The van der Waals surface area contributed by atoms with Crippen LogP contribution in [0.25, 0.3) is 0 Å². The molecule has 1 saturated heterocycles. The van der Waals surface area contributed by atoms with E-state index in [9.17, 15) is 10.2 Å². The van der Waals surface area contributed by atoms with Crippen molar-refractivity contribution in [3.8, 4) is 0 Å². The summed E-state index contributed by atoms with van der Waals surface area (Å²) in [5.41, 5.74) is 3.40. The van der Waals surface area contributed by atoms with Gasteiger partial charge in [0.1, 0.15) is 17.5 Å². The largest absolute Gasteiger partial charge is 0.389 e. The molecule has 0 radical (unpaired) electrons. The van der Waals surface area contributed by atoms with Gasteiger partial charge in [-0.05, 0) is 13.3 Å². The Hall–Kier alpha value is -1.44. The number of nitrogen functional groups attached to an aromatic ring is 1. The Morgan fingerprint density at radius 3 is 2.47 bits per heavy atom. The van der Waals surface area contributed by atoms with Gasteiger partial charge in [-0.25, -0.2) is 15.8 Å². The molecule has 1 aromatic heterocycles. The van der Waals surface area contributed by atoms with Crippen LogP contribution in [0.2, 0.25) is 0 Å². The van der Waals surface area contributed by atoms with Crippen LogP contribution in [0.3, 0.4) is 0 Å². The summed E-state index contributed by atoms with van der Waals surface area (Å²) >= 11 is 0. The fraction of sp³-hybridized carbons (Fsp3) is 0.667. The highest BCUT2D eigenvalue weighted by Crippen LogP contribution is 2.26. The molecule has 2 rings (SSSR count). The maximum atomic E-state index is 9.64. The number of nitrogens with two attached hydrogens (primary N) is 1. The lowest BCUT2D eigenvalue weighted by Gasteiger charge is -2.21. The van der Waals surface area contributed by atoms with Crippen LogP contribution in [-0.4, -0.2) is 45.5 Å². The van der Waals surface area contributed by atoms with E-state index >= 15 is 0 Å². The van der Waals surface area contributed by atoms with E-state index in [1.54, 1.807) is 0 Å². The summed E-state index contributed by atoms with van der Waals surface area (Å²) in [4.78, 5) is 10.7. The normalized spacial score (nSPS) is 22.9. The van der Waals surface area contributed by atoms with E-state index in [1.807, 2.05) is 11.8 Å². The van der Waals surface area contributed by atoms with Crippen LogP contribution >= 0.6 is 0 Å². The van der Waals surface area contributed by atoms with Crippen molar-refractivity contribution in [3.05, 3.63) is 11.4 Å². The third-order valence-electron chi connectivity index (χ3n) is 3.34. The molecule has 1 aliphatic rings. The van der Waals surface area contributed by atoms with E-state index in [2.05, 4.69) is 22.3 Å². The first-order valence-corrected chi connectivity index (χ1v) is 6.52. The maximum absolute atomic E-state index is 9.64.